The highest BCUT2D eigenvalue weighted by Crippen LogP contribution is 2.58. The first-order chi connectivity index (χ1) is 30.0. The van der Waals surface area contributed by atoms with Gasteiger partial charge in [0.25, 0.3) is 0 Å². The van der Waals surface area contributed by atoms with Crippen molar-refractivity contribution in [2.45, 2.75) is 120 Å². The number of hydrogen-bond acceptors (Lipinski definition) is 4. The summed E-state index contributed by atoms with van der Waals surface area (Å²) in [6.45, 7) is 10.1. The third-order valence-corrected chi connectivity index (χ3v) is 17.0. The number of ether oxygens (including phenoxy) is 2. The molecule has 0 bridgehead atoms. The lowest BCUT2D eigenvalue weighted by atomic mass is 9.55. The van der Waals surface area contributed by atoms with Crippen LogP contribution in [0.5, 0.6) is 5.75 Å². The largest absolute Gasteiger partial charge is 0.485 e. The minimum atomic E-state index is -0.270. The zero-order valence-corrected chi connectivity index (χ0v) is 36.4. The molecule has 15 unspecified atom stereocenters. The van der Waals surface area contributed by atoms with Gasteiger partial charge in [0.15, 0.2) is 0 Å². The summed E-state index contributed by atoms with van der Waals surface area (Å²) in [6, 6.07) is 20.5. The van der Waals surface area contributed by atoms with Crippen molar-refractivity contribution in [2.75, 3.05) is 0 Å². The third kappa shape index (κ3) is 6.82. The second-order valence-electron chi connectivity index (χ2n) is 20.1. The minimum absolute atomic E-state index is 0.00417. The monoisotopic (exact) mass is 811 g/mol. The Morgan fingerprint density at radius 3 is 2.51 bits per heavy atom. The average molecular weight is 811 g/mol. The minimum Gasteiger partial charge on any atom is -0.485 e. The van der Waals surface area contributed by atoms with Crippen LogP contribution in [0.15, 0.2) is 162 Å². The molecule has 2 aromatic rings. The highest BCUT2D eigenvalue weighted by Gasteiger charge is 2.54. The Hall–Kier alpha value is -4.22. The van der Waals surface area contributed by atoms with E-state index in [1.165, 1.54) is 47.1 Å². The van der Waals surface area contributed by atoms with Gasteiger partial charge in [-0.3, -0.25) is 10.6 Å². The second-order valence-corrected chi connectivity index (χ2v) is 20.1. The standard InChI is InChI=1S/C57H66N2O2/c1-36-17-16-23-46(53(36)39-29-32-43(33-30-39)57(42-20-8-5-9-21-42)47-24-11-14-27-50(47)61-51-28-15-12-25-48(51)57)55-38(3)37(2)54(40-18-6-4-7-19-40)58-56(59-55)41-31-34-45-44-22-10-13-26-49(44)60-52(45)35-41/h4-8,10-12,14-15,18-20,22,24-25,27-29,32-34,36-37,39,41,44,46-47,49-50,52-56,58-59H,3,9,13,16-17,21,23,26,30-31,35H2,1-2H3. The van der Waals surface area contributed by atoms with Crippen molar-refractivity contribution in [1.29, 1.82) is 0 Å². The second kappa shape index (κ2) is 16.5. The Morgan fingerprint density at radius 2 is 1.66 bits per heavy atom. The van der Waals surface area contributed by atoms with Crippen molar-refractivity contribution in [3.63, 3.8) is 0 Å². The molecule has 2 saturated heterocycles. The molecule has 0 spiro atoms. The van der Waals surface area contributed by atoms with E-state index in [0.717, 1.165) is 50.7 Å². The van der Waals surface area contributed by atoms with E-state index in [-0.39, 0.29) is 41.8 Å². The third-order valence-electron chi connectivity index (χ3n) is 17.0. The molecule has 1 saturated carbocycles. The smallest absolute Gasteiger partial charge is 0.125 e. The molecule has 6 aliphatic carbocycles. The van der Waals surface area contributed by atoms with Crippen molar-refractivity contribution >= 4 is 0 Å². The molecule has 0 radical (unpaired) electrons. The van der Waals surface area contributed by atoms with Gasteiger partial charge < -0.3 is 9.47 Å². The molecule has 3 fully saturated rings. The lowest BCUT2D eigenvalue weighted by Crippen LogP contribution is -2.55. The maximum atomic E-state index is 6.85. The van der Waals surface area contributed by atoms with E-state index in [1.54, 1.807) is 5.57 Å². The van der Waals surface area contributed by atoms with E-state index in [2.05, 4.69) is 158 Å². The normalized spacial score (nSPS) is 41.3. The summed E-state index contributed by atoms with van der Waals surface area (Å²) in [6.07, 6.45) is 43.7. The van der Waals surface area contributed by atoms with Gasteiger partial charge in [-0.15, -0.1) is 0 Å². The highest BCUT2D eigenvalue weighted by atomic mass is 16.5. The molecular weight excluding hydrogens is 745 g/mol. The number of hydrogen-bond donors (Lipinski definition) is 2. The summed E-state index contributed by atoms with van der Waals surface area (Å²) in [5.74, 6) is 4.61. The quantitative estimate of drug-likeness (QED) is 0.285. The molecule has 11 rings (SSSR count). The number of nitrogens with one attached hydrogen (secondary N) is 2. The number of allylic oxidation sites excluding steroid dienone is 12. The molecule has 15 atom stereocenters. The summed E-state index contributed by atoms with van der Waals surface area (Å²) in [7, 11) is 0. The maximum Gasteiger partial charge on any atom is 0.125 e. The first-order valence-electron chi connectivity index (χ1n) is 24.1. The van der Waals surface area contributed by atoms with E-state index in [1.807, 2.05) is 0 Å². The van der Waals surface area contributed by atoms with Gasteiger partial charge in [0.1, 0.15) is 11.9 Å². The maximum absolute atomic E-state index is 6.85. The van der Waals surface area contributed by atoms with Gasteiger partial charge in [0.2, 0.25) is 0 Å². The molecule has 3 aliphatic heterocycles. The zero-order valence-electron chi connectivity index (χ0n) is 36.4. The van der Waals surface area contributed by atoms with Gasteiger partial charge in [-0.25, -0.2) is 0 Å². The van der Waals surface area contributed by atoms with Crippen LogP contribution < -0.4 is 15.4 Å². The van der Waals surface area contributed by atoms with Crippen LogP contribution in [0.3, 0.4) is 0 Å². The van der Waals surface area contributed by atoms with Gasteiger partial charge in [-0.05, 0) is 116 Å². The van der Waals surface area contributed by atoms with E-state index in [9.17, 15) is 0 Å². The molecule has 0 amide bonds. The van der Waals surface area contributed by atoms with Crippen LogP contribution in [-0.4, -0.2) is 30.5 Å². The summed E-state index contributed by atoms with van der Waals surface area (Å²) < 4.78 is 13.6. The lowest BCUT2D eigenvalue weighted by molar-refractivity contribution is 0.0176. The fourth-order valence-electron chi connectivity index (χ4n) is 14.1. The topological polar surface area (TPSA) is 42.5 Å². The number of benzene rings is 2. The van der Waals surface area contributed by atoms with Crippen LogP contribution >= 0.6 is 0 Å². The first-order valence-corrected chi connectivity index (χ1v) is 24.1. The molecule has 9 aliphatic rings. The van der Waals surface area contributed by atoms with E-state index in [4.69, 9.17) is 16.1 Å². The van der Waals surface area contributed by atoms with Gasteiger partial charge in [-0.2, -0.15) is 0 Å². The summed E-state index contributed by atoms with van der Waals surface area (Å²) in [4.78, 5) is 0. The van der Waals surface area contributed by atoms with Crippen LogP contribution in [0.1, 0.15) is 95.2 Å². The summed E-state index contributed by atoms with van der Waals surface area (Å²) >= 11 is 0. The molecule has 4 nitrogen and oxygen atoms in total. The molecule has 316 valence electrons. The van der Waals surface area contributed by atoms with Crippen LogP contribution in [0.4, 0.5) is 0 Å². The molecular formula is C57H66N2O2. The van der Waals surface area contributed by atoms with Crippen molar-refractivity contribution in [2.24, 2.45) is 47.3 Å². The first kappa shape index (κ1) is 39.6. The van der Waals surface area contributed by atoms with Gasteiger partial charge in [0.05, 0.1) is 23.8 Å². The Morgan fingerprint density at radius 1 is 0.803 bits per heavy atom. The molecule has 61 heavy (non-hydrogen) atoms. The highest BCUT2D eigenvalue weighted by molar-refractivity contribution is 5.61. The number of fused-ring (bicyclic) bond motifs is 5. The molecule has 2 N–H and O–H groups in total. The van der Waals surface area contributed by atoms with E-state index < -0.39 is 0 Å². The van der Waals surface area contributed by atoms with Crippen LogP contribution in [0, 0.1) is 47.3 Å². The van der Waals surface area contributed by atoms with Crippen LogP contribution in [0.25, 0.3) is 0 Å². The predicted octanol–water partition coefficient (Wildman–Crippen LogP) is 12.1. The molecule has 4 heteroatoms. The van der Waals surface area contributed by atoms with E-state index >= 15 is 0 Å². The number of para-hydroxylation sites is 1. The zero-order chi connectivity index (χ0) is 41.1. The number of rotatable bonds is 6. The Bertz CT molecular complexity index is 2240. The fourth-order valence-corrected chi connectivity index (χ4v) is 14.1. The van der Waals surface area contributed by atoms with Gasteiger partial charge in [0, 0.05) is 29.5 Å². The molecule has 3 heterocycles. The van der Waals surface area contributed by atoms with Crippen LogP contribution in [0.2, 0.25) is 0 Å². The average Bonchev–Trinajstić information content (AvgIpc) is 3.63. The van der Waals surface area contributed by atoms with Crippen molar-refractivity contribution in [3.05, 3.63) is 174 Å². The van der Waals surface area contributed by atoms with Crippen molar-refractivity contribution in [1.82, 2.24) is 10.6 Å². The van der Waals surface area contributed by atoms with Crippen molar-refractivity contribution < 1.29 is 9.47 Å². The Balaban J connectivity index is 0.923. The van der Waals surface area contributed by atoms with Gasteiger partial charge >= 0.3 is 0 Å². The SMILES string of the molecule is C=C1C(C)C(c2ccccc2)NC(C2CC=C3C(C2)OC2CCC=CC32)NC1C1CCCC(C)C1C1C=CC(C2(C3=CC=CCC3)c3ccccc3OC3C=CC=CC32)=CC1. The summed E-state index contributed by atoms with van der Waals surface area (Å²) in [5.41, 5.74) is 8.30. The predicted molar refractivity (Wildman–Crippen MR) is 249 cm³/mol. The molecule has 0 aromatic heterocycles. The Kier molecular flexibility index (Phi) is 10.7. The lowest BCUT2D eigenvalue weighted by Gasteiger charge is -2.52. The van der Waals surface area contributed by atoms with Crippen molar-refractivity contribution in [3.8, 4) is 5.75 Å². The fraction of sp³-hybridized carbons (Fsp3) is 0.474. The van der Waals surface area contributed by atoms with E-state index in [0.29, 0.717) is 47.5 Å². The van der Waals surface area contributed by atoms with Crippen LogP contribution in [-0.2, 0) is 10.2 Å². The summed E-state index contributed by atoms with van der Waals surface area (Å²) in [5, 5.41) is 8.71. The molecule has 2 aromatic carbocycles. The Labute approximate surface area is 365 Å². The van der Waals surface area contributed by atoms with Gasteiger partial charge in [-0.1, -0.05) is 166 Å².